The fourth-order valence-corrected chi connectivity index (χ4v) is 5.80. The van der Waals surface area contributed by atoms with E-state index in [9.17, 15) is 24.3 Å². The topological polar surface area (TPSA) is 195 Å². The van der Waals surface area contributed by atoms with E-state index in [-0.39, 0.29) is 24.0 Å². The summed E-state index contributed by atoms with van der Waals surface area (Å²) in [5, 5.41) is 25.5. The Morgan fingerprint density at radius 3 is 2.60 bits per heavy atom. The van der Waals surface area contributed by atoms with Crippen molar-refractivity contribution >= 4 is 35.6 Å². The molecule has 2 aromatic rings. The van der Waals surface area contributed by atoms with Crippen LogP contribution in [0.4, 0.5) is 4.79 Å². The molecule has 35 heavy (non-hydrogen) atoms. The number of carbonyl (C=O) groups excluding carboxylic acids is 4. The summed E-state index contributed by atoms with van der Waals surface area (Å²) >= 11 is 1.42. The average Bonchev–Trinajstić information content (AvgIpc) is 3.40. The number of tetrazole rings is 1. The molecule has 1 aromatic carbocycles. The van der Waals surface area contributed by atoms with Crippen LogP contribution in [0.1, 0.15) is 37.3 Å². The monoisotopic (exact) mass is 504 g/mol. The van der Waals surface area contributed by atoms with Crippen LogP contribution in [-0.2, 0) is 19.1 Å². The summed E-state index contributed by atoms with van der Waals surface area (Å²) in [7, 11) is 1.19. The van der Waals surface area contributed by atoms with Crippen molar-refractivity contribution in [2.24, 2.45) is 5.73 Å². The summed E-state index contributed by atoms with van der Waals surface area (Å²) in [4.78, 5) is 51.9. The van der Waals surface area contributed by atoms with Crippen molar-refractivity contribution < 1.29 is 29.0 Å². The molecule has 5 N–H and O–H groups in total. The second-order valence-corrected chi connectivity index (χ2v) is 10.2. The van der Waals surface area contributed by atoms with E-state index in [0.717, 1.165) is 4.68 Å². The van der Waals surface area contributed by atoms with Gasteiger partial charge in [-0.2, -0.15) is 0 Å². The van der Waals surface area contributed by atoms with E-state index in [4.69, 9.17) is 10.5 Å². The summed E-state index contributed by atoms with van der Waals surface area (Å²) < 4.78 is 5.01. The van der Waals surface area contributed by atoms with E-state index in [0.29, 0.717) is 5.56 Å². The maximum absolute atomic E-state index is 13.2. The minimum absolute atomic E-state index is 0.00667. The van der Waals surface area contributed by atoms with Crippen LogP contribution in [0.25, 0.3) is 0 Å². The Morgan fingerprint density at radius 2 is 1.97 bits per heavy atom. The van der Waals surface area contributed by atoms with Gasteiger partial charge in [0.15, 0.2) is 5.82 Å². The molecule has 186 valence electrons. The normalized spacial score (nSPS) is 23.1. The van der Waals surface area contributed by atoms with Crippen LogP contribution in [0.15, 0.2) is 24.3 Å². The number of rotatable bonds is 6. The number of β-lactam (4-membered cyclic amide) rings is 1. The molecule has 2 aliphatic rings. The molecule has 3 heterocycles. The zero-order valence-corrected chi connectivity index (χ0v) is 19.9. The summed E-state index contributed by atoms with van der Waals surface area (Å²) in [6, 6.07) is 3.07. The number of nitrogens with two attached hydrogens (primary N) is 1. The summed E-state index contributed by atoms with van der Waals surface area (Å²) in [5.74, 6) is -1.43. The predicted molar refractivity (Wildman–Crippen MR) is 121 cm³/mol. The molecule has 3 amide bonds. The number of methoxy groups -OCH3 is 1. The first-order valence-electron chi connectivity index (χ1n) is 10.5. The van der Waals surface area contributed by atoms with Crippen LogP contribution in [0.3, 0.4) is 0 Å². The van der Waals surface area contributed by atoms with Gasteiger partial charge in [0, 0.05) is 4.75 Å². The molecule has 0 spiro atoms. The highest BCUT2D eigenvalue weighted by Crippen LogP contribution is 2.56. The van der Waals surface area contributed by atoms with Gasteiger partial charge in [0.25, 0.3) is 0 Å². The molecule has 0 radical (unpaired) electrons. The molecule has 2 saturated heterocycles. The standard InChI is InChI=1S/C20H24N8O6S/c1-20(2)14(15-24-25-26-28(15)19(33)34-3)27-17(32)13(18(27)35-20)23-16(31)12(22-11(30)8-21)9-4-6-10(29)7-5-9/h4-7,12-14,18,29H,8,21H2,1-3H3,(H,22,30)(H,23,31)/t12?,13?,14?,18-/m1/s1. The number of fused-ring (bicyclic) bond motifs is 1. The van der Waals surface area contributed by atoms with Gasteiger partial charge in [0.05, 0.1) is 13.7 Å². The number of ether oxygens (including phenoxy) is 1. The maximum Gasteiger partial charge on any atom is 0.437 e. The molecular weight excluding hydrogens is 480 g/mol. The molecule has 1 aromatic heterocycles. The first kappa shape index (κ1) is 24.4. The van der Waals surface area contributed by atoms with E-state index < -0.39 is 46.2 Å². The third-order valence-corrected chi connectivity index (χ3v) is 7.38. The first-order valence-corrected chi connectivity index (χ1v) is 11.4. The number of hydrogen-bond donors (Lipinski definition) is 4. The quantitative estimate of drug-likeness (QED) is 0.279. The van der Waals surface area contributed by atoms with Crippen LogP contribution < -0.4 is 16.4 Å². The number of benzene rings is 1. The molecular formula is C20H24N8O6S. The summed E-state index contributed by atoms with van der Waals surface area (Å²) in [6.07, 6.45) is -0.792. The molecule has 2 fully saturated rings. The molecule has 0 aliphatic carbocycles. The zero-order chi connectivity index (χ0) is 25.5. The second kappa shape index (κ2) is 9.14. The Balaban J connectivity index is 1.56. The number of hydrogen-bond acceptors (Lipinski definition) is 11. The van der Waals surface area contributed by atoms with Crippen molar-refractivity contribution in [3.05, 3.63) is 35.7 Å². The van der Waals surface area contributed by atoms with Gasteiger partial charge < -0.3 is 31.1 Å². The fraction of sp³-hybridized carbons (Fsp3) is 0.450. The van der Waals surface area contributed by atoms with Crippen LogP contribution in [0.5, 0.6) is 5.75 Å². The van der Waals surface area contributed by atoms with Gasteiger partial charge >= 0.3 is 6.09 Å². The van der Waals surface area contributed by atoms with Gasteiger partial charge in [0.1, 0.15) is 29.2 Å². The molecule has 0 saturated carbocycles. The third-order valence-electron chi connectivity index (χ3n) is 5.80. The highest BCUT2D eigenvalue weighted by atomic mass is 32.2. The van der Waals surface area contributed by atoms with E-state index in [2.05, 4.69) is 26.2 Å². The van der Waals surface area contributed by atoms with Gasteiger partial charge in [-0.25, -0.2) is 4.79 Å². The Kier molecular flexibility index (Phi) is 6.38. The van der Waals surface area contributed by atoms with Crippen LogP contribution in [-0.4, -0.2) is 83.8 Å². The summed E-state index contributed by atoms with van der Waals surface area (Å²) in [5.41, 5.74) is 5.79. The Labute approximate surface area is 203 Å². The number of nitrogens with zero attached hydrogens (tertiary/aromatic N) is 5. The smallest absolute Gasteiger partial charge is 0.437 e. The van der Waals surface area contributed by atoms with E-state index in [1.807, 2.05) is 13.8 Å². The molecule has 4 atom stereocenters. The van der Waals surface area contributed by atoms with E-state index >= 15 is 0 Å². The van der Waals surface area contributed by atoms with Gasteiger partial charge in [-0.3, -0.25) is 14.4 Å². The SMILES string of the molecule is COC(=O)n1nnnc1C1N2C(=O)C(NC(=O)C(NC(=O)CN)c3ccc(O)cc3)[C@H]2SC1(C)C. The number of phenolic OH excluding ortho intramolecular Hbond substituents is 1. The number of aromatic hydroxyl groups is 1. The molecule has 15 heteroatoms. The van der Waals surface area contributed by atoms with Gasteiger partial charge in [-0.1, -0.05) is 12.1 Å². The van der Waals surface area contributed by atoms with Crippen molar-refractivity contribution in [3.63, 3.8) is 0 Å². The lowest BCUT2D eigenvalue weighted by Crippen LogP contribution is -2.68. The van der Waals surface area contributed by atoms with Crippen molar-refractivity contribution in [1.82, 2.24) is 35.7 Å². The van der Waals surface area contributed by atoms with Gasteiger partial charge in [0.2, 0.25) is 17.7 Å². The largest absolute Gasteiger partial charge is 0.508 e. The summed E-state index contributed by atoms with van der Waals surface area (Å²) in [6.45, 7) is 3.43. The number of nitrogens with one attached hydrogen (secondary N) is 2. The average molecular weight is 505 g/mol. The van der Waals surface area contributed by atoms with Crippen molar-refractivity contribution in [2.45, 2.75) is 42.1 Å². The van der Waals surface area contributed by atoms with Crippen molar-refractivity contribution in [3.8, 4) is 5.75 Å². The highest BCUT2D eigenvalue weighted by Gasteiger charge is 2.64. The maximum atomic E-state index is 13.2. The van der Waals surface area contributed by atoms with Crippen molar-refractivity contribution in [1.29, 1.82) is 0 Å². The molecule has 14 nitrogen and oxygen atoms in total. The lowest BCUT2D eigenvalue weighted by molar-refractivity contribution is -0.152. The van der Waals surface area contributed by atoms with Crippen LogP contribution in [0, 0.1) is 0 Å². The van der Waals surface area contributed by atoms with Crippen LogP contribution in [0.2, 0.25) is 0 Å². The van der Waals surface area contributed by atoms with E-state index in [1.54, 1.807) is 0 Å². The number of phenols is 1. The number of amides is 3. The fourth-order valence-electron chi connectivity index (χ4n) is 4.17. The molecule has 2 aliphatic heterocycles. The number of thioether (sulfide) groups is 1. The lowest BCUT2D eigenvalue weighted by Gasteiger charge is -2.44. The highest BCUT2D eigenvalue weighted by molar-refractivity contribution is 8.01. The minimum Gasteiger partial charge on any atom is -0.508 e. The van der Waals surface area contributed by atoms with E-state index in [1.165, 1.54) is 48.0 Å². The Morgan fingerprint density at radius 1 is 1.29 bits per heavy atom. The second-order valence-electron chi connectivity index (χ2n) is 8.46. The zero-order valence-electron chi connectivity index (χ0n) is 19.0. The predicted octanol–water partition coefficient (Wildman–Crippen LogP) is -0.971. The van der Waals surface area contributed by atoms with Gasteiger partial charge in [-0.05, 0) is 42.0 Å². The van der Waals surface area contributed by atoms with Gasteiger partial charge in [-0.15, -0.1) is 21.5 Å². The molecule has 0 bridgehead atoms. The third kappa shape index (κ3) is 4.27. The first-order chi connectivity index (χ1) is 16.6. The lowest BCUT2D eigenvalue weighted by atomic mass is 9.95. The number of aromatic nitrogens is 4. The Hall–Kier alpha value is -3.72. The molecule has 3 unspecified atom stereocenters. The Bertz CT molecular complexity index is 1170. The van der Waals surface area contributed by atoms with Crippen LogP contribution >= 0.6 is 11.8 Å². The number of carbonyl (C=O) groups is 4. The minimum atomic E-state index is -1.13. The van der Waals surface area contributed by atoms with Crippen molar-refractivity contribution in [2.75, 3.05) is 13.7 Å². The molecule has 4 rings (SSSR count).